The molecule has 1 aliphatic carbocycles. The van der Waals surface area contributed by atoms with E-state index in [9.17, 15) is 15.0 Å². The number of nitrogens with zero attached hydrogens (tertiary/aromatic N) is 3. The number of carbonyl (C=O) groups is 1. The van der Waals surface area contributed by atoms with Crippen LogP contribution in [0.4, 0.5) is 0 Å². The van der Waals surface area contributed by atoms with Gasteiger partial charge in [-0.1, -0.05) is 0 Å². The van der Waals surface area contributed by atoms with E-state index in [1.165, 1.54) is 12.8 Å². The van der Waals surface area contributed by atoms with Gasteiger partial charge in [0.1, 0.15) is 18.8 Å². The number of hydrogen-bond acceptors (Lipinski definition) is 5. The molecule has 0 spiro atoms. The van der Waals surface area contributed by atoms with Crippen molar-refractivity contribution in [3.05, 3.63) is 18.0 Å². The molecule has 3 atom stereocenters. The molecule has 0 aromatic carbocycles. The maximum Gasteiger partial charge on any atom is 0.244 e. The van der Waals surface area contributed by atoms with Crippen LogP contribution in [0.1, 0.15) is 31.4 Å². The molecular formula is C15H23N3O4. The number of aromatic nitrogens is 2. The van der Waals surface area contributed by atoms with Gasteiger partial charge in [-0.15, -0.1) is 0 Å². The summed E-state index contributed by atoms with van der Waals surface area (Å²) in [5, 5.41) is 24.2. The van der Waals surface area contributed by atoms with Crippen LogP contribution in [0.25, 0.3) is 0 Å². The summed E-state index contributed by atoms with van der Waals surface area (Å²) >= 11 is 0. The Balaban J connectivity index is 1.65. The molecule has 1 amide bonds. The first-order valence-corrected chi connectivity index (χ1v) is 7.86. The maximum absolute atomic E-state index is 12.5. The zero-order valence-electron chi connectivity index (χ0n) is 12.8. The van der Waals surface area contributed by atoms with Crippen molar-refractivity contribution in [2.45, 2.75) is 50.5 Å². The van der Waals surface area contributed by atoms with Crippen molar-refractivity contribution in [2.75, 3.05) is 19.8 Å². The lowest BCUT2D eigenvalue weighted by Crippen LogP contribution is -2.58. The Morgan fingerprint density at radius 1 is 1.45 bits per heavy atom. The second kappa shape index (κ2) is 6.36. The van der Waals surface area contributed by atoms with E-state index in [0.717, 1.165) is 5.69 Å². The third-order valence-electron chi connectivity index (χ3n) is 4.38. The summed E-state index contributed by atoms with van der Waals surface area (Å²) in [6.07, 6.45) is 2.25. The average molecular weight is 309 g/mol. The van der Waals surface area contributed by atoms with E-state index >= 15 is 0 Å². The molecule has 2 aliphatic rings. The van der Waals surface area contributed by atoms with Crippen LogP contribution in [-0.2, 0) is 16.1 Å². The first-order valence-electron chi connectivity index (χ1n) is 7.86. The molecule has 0 unspecified atom stereocenters. The predicted molar refractivity (Wildman–Crippen MR) is 78.2 cm³/mol. The first-order chi connectivity index (χ1) is 10.6. The van der Waals surface area contributed by atoms with Gasteiger partial charge >= 0.3 is 0 Å². The fourth-order valence-electron chi connectivity index (χ4n) is 2.92. The van der Waals surface area contributed by atoms with Crippen molar-refractivity contribution in [1.82, 2.24) is 14.7 Å². The summed E-state index contributed by atoms with van der Waals surface area (Å²) in [4.78, 5) is 14.1. The van der Waals surface area contributed by atoms with Crippen LogP contribution in [0.15, 0.2) is 12.3 Å². The van der Waals surface area contributed by atoms with Gasteiger partial charge in [0.2, 0.25) is 5.91 Å². The Labute approximate surface area is 129 Å². The maximum atomic E-state index is 12.5. The number of carbonyl (C=O) groups excluding carboxylic acids is 1. The molecule has 1 aliphatic heterocycles. The summed E-state index contributed by atoms with van der Waals surface area (Å²) in [5.74, 6) is 0.428. The lowest BCUT2D eigenvalue weighted by atomic mass is 10.0. The van der Waals surface area contributed by atoms with E-state index in [4.69, 9.17) is 4.74 Å². The highest BCUT2D eigenvalue weighted by Crippen LogP contribution is 2.38. The van der Waals surface area contributed by atoms with E-state index in [1.54, 1.807) is 9.58 Å². The molecule has 7 nitrogen and oxygen atoms in total. The van der Waals surface area contributed by atoms with Crippen LogP contribution in [0.5, 0.6) is 0 Å². The molecule has 2 N–H and O–H groups in total. The van der Waals surface area contributed by atoms with Gasteiger partial charge < -0.3 is 19.8 Å². The molecule has 0 radical (unpaired) electrons. The minimum absolute atomic E-state index is 0.104. The lowest BCUT2D eigenvalue weighted by Gasteiger charge is -2.39. The molecule has 22 heavy (non-hydrogen) atoms. The zero-order valence-corrected chi connectivity index (χ0v) is 12.8. The van der Waals surface area contributed by atoms with Crippen molar-refractivity contribution in [1.29, 1.82) is 0 Å². The number of likely N-dealkylation sites (N-methyl/N-ethyl adjacent to an activating group) is 1. The molecule has 1 saturated carbocycles. The van der Waals surface area contributed by atoms with E-state index in [0.29, 0.717) is 12.5 Å². The number of amides is 1. The van der Waals surface area contributed by atoms with Crippen LogP contribution < -0.4 is 0 Å². The number of hydrogen-bond donors (Lipinski definition) is 2. The van der Waals surface area contributed by atoms with Gasteiger partial charge in [0.25, 0.3) is 0 Å². The molecule has 2 heterocycles. The minimum Gasteiger partial charge on any atom is -0.388 e. The third kappa shape index (κ3) is 3.16. The van der Waals surface area contributed by atoms with Crippen LogP contribution in [0.2, 0.25) is 0 Å². The van der Waals surface area contributed by atoms with E-state index in [1.807, 2.05) is 19.2 Å². The number of aliphatic hydroxyl groups is 2. The molecule has 122 valence electrons. The van der Waals surface area contributed by atoms with E-state index in [2.05, 4.69) is 5.10 Å². The normalized spacial score (nSPS) is 28.6. The molecule has 1 aromatic heterocycles. The quantitative estimate of drug-likeness (QED) is 0.782. The molecule has 0 bridgehead atoms. The molecule has 7 heteroatoms. The highest BCUT2D eigenvalue weighted by Gasteiger charge is 2.37. The molecule has 2 fully saturated rings. The monoisotopic (exact) mass is 309 g/mol. The Morgan fingerprint density at radius 2 is 2.23 bits per heavy atom. The fourth-order valence-corrected chi connectivity index (χ4v) is 2.92. The van der Waals surface area contributed by atoms with Gasteiger partial charge in [-0.05, 0) is 25.8 Å². The summed E-state index contributed by atoms with van der Waals surface area (Å²) < 4.78 is 6.91. The van der Waals surface area contributed by atoms with E-state index in [-0.39, 0.29) is 25.7 Å². The van der Waals surface area contributed by atoms with Gasteiger partial charge in [-0.3, -0.25) is 9.48 Å². The van der Waals surface area contributed by atoms with Gasteiger partial charge in [-0.25, -0.2) is 0 Å². The largest absolute Gasteiger partial charge is 0.388 e. The summed E-state index contributed by atoms with van der Waals surface area (Å²) in [6, 6.07) is 1.45. The smallest absolute Gasteiger partial charge is 0.244 e. The Bertz CT molecular complexity index is 529. The Morgan fingerprint density at radius 3 is 2.91 bits per heavy atom. The van der Waals surface area contributed by atoms with Crippen LogP contribution in [-0.4, -0.2) is 68.8 Å². The first kappa shape index (κ1) is 15.5. The SMILES string of the molecule is CCN(C(=O)Cn1ccc(C2CC2)n1)[C@@H]1COC[C@@H](O)[C@H]1O. The van der Waals surface area contributed by atoms with Crippen molar-refractivity contribution in [3.63, 3.8) is 0 Å². The minimum atomic E-state index is -0.975. The lowest BCUT2D eigenvalue weighted by molar-refractivity contribution is -0.156. The average Bonchev–Trinajstić information content (AvgIpc) is 3.25. The van der Waals surface area contributed by atoms with Crippen LogP contribution in [0, 0.1) is 0 Å². The fraction of sp³-hybridized carbons (Fsp3) is 0.733. The second-order valence-corrected chi connectivity index (χ2v) is 6.05. The van der Waals surface area contributed by atoms with Crippen molar-refractivity contribution in [3.8, 4) is 0 Å². The van der Waals surface area contributed by atoms with Crippen LogP contribution >= 0.6 is 0 Å². The third-order valence-corrected chi connectivity index (χ3v) is 4.38. The highest BCUT2D eigenvalue weighted by atomic mass is 16.5. The number of aliphatic hydroxyl groups excluding tert-OH is 2. The molecule has 1 saturated heterocycles. The van der Waals surface area contributed by atoms with E-state index < -0.39 is 18.2 Å². The summed E-state index contributed by atoms with van der Waals surface area (Å²) in [6.45, 7) is 2.79. The molecule has 3 rings (SSSR count). The van der Waals surface area contributed by atoms with Gasteiger partial charge in [0, 0.05) is 18.7 Å². The zero-order chi connectivity index (χ0) is 15.7. The highest BCUT2D eigenvalue weighted by molar-refractivity contribution is 5.76. The van der Waals surface area contributed by atoms with Crippen LogP contribution in [0.3, 0.4) is 0 Å². The van der Waals surface area contributed by atoms with Gasteiger partial charge in [0.05, 0.1) is 24.9 Å². The topological polar surface area (TPSA) is 87.8 Å². The van der Waals surface area contributed by atoms with Gasteiger partial charge in [0.15, 0.2) is 0 Å². The van der Waals surface area contributed by atoms with Gasteiger partial charge in [-0.2, -0.15) is 5.10 Å². The molecule has 1 aromatic rings. The second-order valence-electron chi connectivity index (χ2n) is 6.05. The number of ether oxygens (including phenoxy) is 1. The summed E-state index contributed by atoms with van der Waals surface area (Å²) in [5.41, 5.74) is 1.05. The molecular weight excluding hydrogens is 286 g/mol. The van der Waals surface area contributed by atoms with Crippen molar-refractivity contribution >= 4 is 5.91 Å². The number of rotatable bonds is 5. The summed E-state index contributed by atoms with van der Waals surface area (Å²) in [7, 11) is 0. The predicted octanol–water partition coefficient (Wildman–Crippen LogP) is -0.270. The van der Waals surface area contributed by atoms with Crippen molar-refractivity contribution in [2.24, 2.45) is 0 Å². The standard InChI is InChI=1S/C15H23N3O4/c1-2-18(12-8-22-9-13(19)15(12)21)14(20)7-17-6-5-11(16-17)10-3-4-10/h5-6,10,12-13,15,19,21H,2-4,7-9H2,1H3/t12-,13-,15+/m1/s1. The van der Waals surface area contributed by atoms with Crippen molar-refractivity contribution < 1.29 is 19.7 Å². The Hall–Kier alpha value is -1.44. The Kier molecular flexibility index (Phi) is 4.46.